The van der Waals surface area contributed by atoms with E-state index in [1.165, 1.54) is 28.7 Å². The van der Waals surface area contributed by atoms with Crippen molar-refractivity contribution in [1.82, 2.24) is 0 Å². The maximum atomic E-state index is 2.34. The van der Waals surface area contributed by atoms with Gasteiger partial charge in [-0.2, -0.15) is 0 Å². The van der Waals surface area contributed by atoms with E-state index in [0.717, 1.165) is 6.42 Å². The van der Waals surface area contributed by atoms with E-state index in [9.17, 15) is 0 Å². The molecule has 0 aliphatic rings. The number of rotatable bonds is 4. The second-order valence-electron chi connectivity index (χ2n) is 5.29. The van der Waals surface area contributed by atoms with E-state index in [-0.39, 0.29) is 0 Å². The highest BCUT2D eigenvalue weighted by atomic mass is 14.1. The molecule has 0 radical (unpaired) electrons. The van der Waals surface area contributed by atoms with Crippen LogP contribution in [0.1, 0.15) is 41.5 Å². The molecule has 1 atom stereocenters. The first kappa shape index (κ1) is 12.9. The summed E-state index contributed by atoms with van der Waals surface area (Å²) >= 11 is 0. The number of benzene rings is 2. The van der Waals surface area contributed by atoms with Crippen LogP contribution in [-0.4, -0.2) is 0 Å². The molecule has 0 saturated heterocycles. The summed E-state index contributed by atoms with van der Waals surface area (Å²) in [6.45, 7) is 6.73. The molecule has 2 aromatic rings. The number of hydrogen-bond acceptors (Lipinski definition) is 0. The molecule has 1 unspecified atom stereocenters. The zero-order chi connectivity index (χ0) is 13.0. The Morgan fingerprint density at radius 1 is 0.944 bits per heavy atom. The van der Waals surface area contributed by atoms with Crippen LogP contribution in [0, 0.1) is 13.8 Å². The fourth-order valence-corrected chi connectivity index (χ4v) is 2.47. The Morgan fingerprint density at radius 3 is 2.39 bits per heavy atom. The normalized spacial score (nSPS) is 12.4. The average Bonchev–Trinajstić information content (AvgIpc) is 2.40. The minimum absolute atomic E-state index is 0.630. The highest BCUT2D eigenvalue weighted by Crippen LogP contribution is 2.25. The van der Waals surface area contributed by atoms with Crippen molar-refractivity contribution in [3.63, 3.8) is 0 Å². The lowest BCUT2D eigenvalue weighted by atomic mass is 9.90. The van der Waals surface area contributed by atoms with Crippen molar-refractivity contribution in [3.8, 4) is 0 Å². The Bertz CT molecular complexity index is 497. The van der Waals surface area contributed by atoms with Gasteiger partial charge in [0.1, 0.15) is 0 Å². The third-order valence-corrected chi connectivity index (χ3v) is 3.67. The fraction of sp³-hybridized carbons (Fsp3) is 0.333. The van der Waals surface area contributed by atoms with Crippen molar-refractivity contribution < 1.29 is 0 Å². The molecule has 0 N–H and O–H groups in total. The molecule has 0 amide bonds. The highest BCUT2D eigenvalue weighted by molar-refractivity contribution is 5.33. The van der Waals surface area contributed by atoms with Gasteiger partial charge in [0.15, 0.2) is 0 Å². The topological polar surface area (TPSA) is 0 Å². The van der Waals surface area contributed by atoms with Crippen LogP contribution in [0.25, 0.3) is 0 Å². The van der Waals surface area contributed by atoms with Crippen molar-refractivity contribution in [2.45, 2.75) is 39.5 Å². The molecule has 0 aromatic heterocycles. The van der Waals surface area contributed by atoms with E-state index in [4.69, 9.17) is 0 Å². The summed E-state index contributed by atoms with van der Waals surface area (Å²) in [6, 6.07) is 17.5. The predicted octanol–water partition coefficient (Wildman–Crippen LogP) is 5.04. The smallest absolute Gasteiger partial charge is 0.0185 e. The van der Waals surface area contributed by atoms with Gasteiger partial charge in [-0.3, -0.25) is 0 Å². The summed E-state index contributed by atoms with van der Waals surface area (Å²) < 4.78 is 0. The van der Waals surface area contributed by atoms with Crippen molar-refractivity contribution in [1.29, 1.82) is 0 Å². The zero-order valence-corrected chi connectivity index (χ0v) is 11.6. The molecule has 0 aliphatic heterocycles. The molecular weight excluding hydrogens is 216 g/mol. The minimum Gasteiger partial charge on any atom is -0.0622 e. The SMILES string of the molecule is Cc1ccc(C)c(C(C)CCc2ccccc2)c1. The molecule has 0 spiro atoms. The van der Waals surface area contributed by atoms with E-state index in [0.29, 0.717) is 5.92 Å². The Morgan fingerprint density at radius 2 is 1.67 bits per heavy atom. The van der Waals surface area contributed by atoms with Crippen molar-refractivity contribution in [2.75, 3.05) is 0 Å². The summed E-state index contributed by atoms with van der Waals surface area (Å²) in [6.07, 6.45) is 2.38. The van der Waals surface area contributed by atoms with Crippen LogP contribution in [0.3, 0.4) is 0 Å². The monoisotopic (exact) mass is 238 g/mol. The lowest BCUT2D eigenvalue weighted by Crippen LogP contribution is -1.99. The number of aryl methyl sites for hydroxylation is 3. The quantitative estimate of drug-likeness (QED) is 0.700. The largest absolute Gasteiger partial charge is 0.0622 e. The standard InChI is InChI=1S/C18H22/c1-14-9-10-15(2)18(13-14)16(3)11-12-17-7-5-4-6-8-17/h4-10,13,16H,11-12H2,1-3H3. The van der Waals surface area contributed by atoms with Crippen LogP contribution < -0.4 is 0 Å². The molecule has 2 rings (SSSR count). The van der Waals surface area contributed by atoms with Gasteiger partial charge in [-0.1, -0.05) is 61.0 Å². The first-order chi connectivity index (χ1) is 8.66. The molecular formula is C18H22. The van der Waals surface area contributed by atoms with Gasteiger partial charge in [-0.25, -0.2) is 0 Å². The molecule has 0 bridgehead atoms. The van der Waals surface area contributed by atoms with Gasteiger partial charge in [0.05, 0.1) is 0 Å². The molecule has 94 valence electrons. The van der Waals surface area contributed by atoms with Crippen molar-refractivity contribution in [3.05, 3.63) is 70.8 Å². The summed E-state index contributed by atoms with van der Waals surface area (Å²) in [4.78, 5) is 0. The molecule has 0 nitrogen and oxygen atoms in total. The lowest BCUT2D eigenvalue weighted by Gasteiger charge is -2.15. The second kappa shape index (κ2) is 5.86. The van der Waals surface area contributed by atoms with E-state index < -0.39 is 0 Å². The average molecular weight is 238 g/mol. The van der Waals surface area contributed by atoms with Gasteiger partial charge in [0.25, 0.3) is 0 Å². The van der Waals surface area contributed by atoms with Crippen molar-refractivity contribution >= 4 is 0 Å². The molecule has 18 heavy (non-hydrogen) atoms. The predicted molar refractivity (Wildman–Crippen MR) is 79.1 cm³/mol. The van der Waals surface area contributed by atoms with E-state index in [2.05, 4.69) is 69.3 Å². The first-order valence-corrected chi connectivity index (χ1v) is 6.78. The van der Waals surface area contributed by atoms with Crippen LogP contribution in [0.5, 0.6) is 0 Å². The van der Waals surface area contributed by atoms with Gasteiger partial charge < -0.3 is 0 Å². The number of hydrogen-bond donors (Lipinski definition) is 0. The van der Waals surface area contributed by atoms with E-state index >= 15 is 0 Å². The summed E-state index contributed by atoms with van der Waals surface area (Å²) in [7, 11) is 0. The zero-order valence-electron chi connectivity index (χ0n) is 11.6. The molecule has 0 aliphatic carbocycles. The lowest BCUT2D eigenvalue weighted by molar-refractivity contribution is 0.675. The van der Waals surface area contributed by atoms with Gasteiger partial charge >= 0.3 is 0 Å². The van der Waals surface area contributed by atoms with Crippen LogP contribution in [0.15, 0.2) is 48.5 Å². The van der Waals surface area contributed by atoms with E-state index in [1.54, 1.807) is 0 Å². The Labute approximate surface area is 111 Å². The highest BCUT2D eigenvalue weighted by Gasteiger charge is 2.08. The van der Waals surface area contributed by atoms with Crippen LogP contribution >= 0.6 is 0 Å². The Balaban J connectivity index is 2.03. The van der Waals surface area contributed by atoms with Crippen LogP contribution in [0.4, 0.5) is 0 Å². The molecule has 0 heteroatoms. The summed E-state index contributed by atoms with van der Waals surface area (Å²) in [5.41, 5.74) is 5.73. The molecule has 2 aromatic carbocycles. The third-order valence-electron chi connectivity index (χ3n) is 3.67. The van der Waals surface area contributed by atoms with Gasteiger partial charge in [-0.05, 0) is 49.3 Å². The van der Waals surface area contributed by atoms with Crippen LogP contribution in [-0.2, 0) is 6.42 Å². The maximum Gasteiger partial charge on any atom is -0.0185 e. The summed E-state index contributed by atoms with van der Waals surface area (Å²) in [5.74, 6) is 0.630. The Hall–Kier alpha value is -1.56. The third kappa shape index (κ3) is 3.22. The summed E-state index contributed by atoms with van der Waals surface area (Å²) in [5, 5.41) is 0. The van der Waals surface area contributed by atoms with Gasteiger partial charge in [0.2, 0.25) is 0 Å². The minimum atomic E-state index is 0.630. The van der Waals surface area contributed by atoms with Crippen molar-refractivity contribution in [2.24, 2.45) is 0 Å². The molecule has 0 saturated carbocycles. The maximum absolute atomic E-state index is 2.34. The first-order valence-electron chi connectivity index (χ1n) is 6.78. The molecule has 0 heterocycles. The van der Waals surface area contributed by atoms with Crippen LogP contribution in [0.2, 0.25) is 0 Å². The Kier molecular flexibility index (Phi) is 4.19. The second-order valence-corrected chi connectivity index (χ2v) is 5.29. The van der Waals surface area contributed by atoms with E-state index in [1.807, 2.05) is 0 Å². The van der Waals surface area contributed by atoms with Gasteiger partial charge in [-0.15, -0.1) is 0 Å². The molecule has 0 fully saturated rings. The fourth-order valence-electron chi connectivity index (χ4n) is 2.47. The van der Waals surface area contributed by atoms with Gasteiger partial charge in [0, 0.05) is 0 Å².